The van der Waals surface area contributed by atoms with Gasteiger partial charge in [0.1, 0.15) is 5.69 Å². The van der Waals surface area contributed by atoms with Crippen LogP contribution in [0.25, 0.3) is 0 Å². The van der Waals surface area contributed by atoms with Crippen LogP contribution in [0.5, 0.6) is 0 Å². The number of carbonyl (C=O) groups is 1. The first-order valence-electron chi connectivity index (χ1n) is 5.51. The van der Waals surface area contributed by atoms with Gasteiger partial charge in [0.05, 0.1) is 11.5 Å². The van der Waals surface area contributed by atoms with E-state index in [0.717, 1.165) is 0 Å². The fraction of sp³-hybridized carbons (Fsp3) is 0.500. The monoisotopic (exact) mass is 271 g/mol. The summed E-state index contributed by atoms with van der Waals surface area (Å²) in [6, 6.07) is 2.53. The first-order chi connectivity index (χ1) is 8.46. The van der Waals surface area contributed by atoms with Crippen molar-refractivity contribution in [1.82, 2.24) is 15.5 Å². The van der Waals surface area contributed by atoms with Crippen LogP contribution in [0.3, 0.4) is 0 Å². The molecule has 0 radical (unpaired) electrons. The zero-order valence-electron chi connectivity index (χ0n) is 9.55. The predicted molar refractivity (Wildman–Crippen MR) is 64.0 cm³/mol. The maximum absolute atomic E-state index is 11.6. The Morgan fingerprint density at radius 3 is 2.83 bits per heavy atom. The molecule has 7 nitrogen and oxygen atoms in total. The van der Waals surface area contributed by atoms with Gasteiger partial charge in [-0.05, 0) is 18.4 Å². The number of H-pyrrole nitrogens is 1. The maximum Gasteiger partial charge on any atom is 0.271 e. The van der Waals surface area contributed by atoms with Gasteiger partial charge in [-0.25, -0.2) is 13.5 Å². The van der Waals surface area contributed by atoms with Crippen molar-refractivity contribution < 1.29 is 13.2 Å². The molecule has 2 N–H and O–H groups in total. The Morgan fingerprint density at radius 1 is 1.50 bits per heavy atom. The number of sulfone groups is 1. The second kappa shape index (κ2) is 4.89. The Balaban J connectivity index is 1.89. The number of hydrogen-bond donors (Lipinski definition) is 2. The molecule has 8 heteroatoms. The van der Waals surface area contributed by atoms with Gasteiger partial charge in [-0.2, -0.15) is 5.10 Å². The van der Waals surface area contributed by atoms with Gasteiger partial charge in [0.25, 0.3) is 11.5 Å². The highest BCUT2D eigenvalue weighted by molar-refractivity contribution is 7.91. The van der Waals surface area contributed by atoms with Crippen molar-refractivity contribution >= 4 is 15.7 Å². The van der Waals surface area contributed by atoms with Crippen LogP contribution in [-0.2, 0) is 9.84 Å². The predicted octanol–water partition coefficient (Wildman–Crippen LogP) is -1.07. The van der Waals surface area contributed by atoms with Crippen LogP contribution in [0.15, 0.2) is 16.9 Å². The molecule has 1 aromatic rings. The fourth-order valence-electron chi connectivity index (χ4n) is 1.83. The van der Waals surface area contributed by atoms with Gasteiger partial charge >= 0.3 is 0 Å². The molecular weight excluding hydrogens is 258 g/mol. The van der Waals surface area contributed by atoms with E-state index in [2.05, 4.69) is 15.5 Å². The molecule has 18 heavy (non-hydrogen) atoms. The van der Waals surface area contributed by atoms with Crippen molar-refractivity contribution in [3.8, 4) is 0 Å². The van der Waals surface area contributed by atoms with E-state index in [4.69, 9.17) is 0 Å². The lowest BCUT2D eigenvalue weighted by Gasteiger charge is -2.08. The van der Waals surface area contributed by atoms with Gasteiger partial charge in [-0.1, -0.05) is 0 Å². The van der Waals surface area contributed by atoms with E-state index in [9.17, 15) is 18.0 Å². The summed E-state index contributed by atoms with van der Waals surface area (Å²) in [5.74, 6) is -0.159. The van der Waals surface area contributed by atoms with Gasteiger partial charge in [0, 0.05) is 12.6 Å². The van der Waals surface area contributed by atoms with E-state index < -0.39 is 15.7 Å². The molecule has 2 heterocycles. The topological polar surface area (TPSA) is 109 Å². The summed E-state index contributed by atoms with van der Waals surface area (Å²) < 4.78 is 22.5. The molecule has 1 fully saturated rings. The van der Waals surface area contributed by atoms with Crippen molar-refractivity contribution in [3.63, 3.8) is 0 Å². The van der Waals surface area contributed by atoms with Gasteiger partial charge in [0.2, 0.25) is 0 Å². The molecule has 1 amide bonds. The third kappa shape index (κ3) is 3.16. The van der Waals surface area contributed by atoms with E-state index in [1.165, 1.54) is 12.1 Å². The van der Waals surface area contributed by atoms with Crippen LogP contribution in [0.2, 0.25) is 0 Å². The zero-order chi connectivity index (χ0) is 13.2. The minimum absolute atomic E-state index is 0.0401. The Kier molecular flexibility index (Phi) is 3.46. The number of rotatable bonds is 3. The van der Waals surface area contributed by atoms with E-state index in [0.29, 0.717) is 13.0 Å². The smallest absolute Gasteiger partial charge is 0.271 e. The SMILES string of the molecule is O=C(NC[C@@H]1CCS(=O)(=O)C1)c1ccc(=O)[nH]n1. The molecule has 0 saturated carbocycles. The number of hydrogen-bond acceptors (Lipinski definition) is 5. The summed E-state index contributed by atoms with van der Waals surface area (Å²) in [5.41, 5.74) is -0.274. The number of aromatic amines is 1. The first-order valence-corrected chi connectivity index (χ1v) is 7.33. The molecule has 0 aromatic carbocycles. The molecule has 0 bridgehead atoms. The molecule has 1 aromatic heterocycles. The summed E-state index contributed by atoms with van der Waals surface area (Å²) in [5, 5.41) is 8.35. The molecule has 1 aliphatic heterocycles. The van der Waals surface area contributed by atoms with Crippen molar-refractivity contribution in [2.45, 2.75) is 6.42 Å². The Labute approximate surface area is 104 Å². The van der Waals surface area contributed by atoms with Crippen LogP contribution in [0.1, 0.15) is 16.9 Å². The minimum Gasteiger partial charge on any atom is -0.350 e. The molecule has 2 rings (SSSR count). The van der Waals surface area contributed by atoms with E-state index in [1.807, 2.05) is 0 Å². The third-order valence-corrected chi connectivity index (χ3v) is 4.63. The Bertz CT molecular complexity index is 587. The van der Waals surface area contributed by atoms with Crippen molar-refractivity contribution in [1.29, 1.82) is 0 Å². The quantitative estimate of drug-likeness (QED) is 0.728. The molecule has 0 unspecified atom stereocenters. The van der Waals surface area contributed by atoms with E-state index in [-0.39, 0.29) is 28.7 Å². The van der Waals surface area contributed by atoms with Gasteiger partial charge in [-0.3, -0.25) is 9.59 Å². The second-order valence-electron chi connectivity index (χ2n) is 4.29. The molecule has 98 valence electrons. The van der Waals surface area contributed by atoms with Gasteiger partial charge in [0.15, 0.2) is 9.84 Å². The van der Waals surface area contributed by atoms with E-state index in [1.54, 1.807) is 0 Å². The number of nitrogens with zero attached hydrogens (tertiary/aromatic N) is 1. The third-order valence-electron chi connectivity index (χ3n) is 2.79. The van der Waals surface area contributed by atoms with Crippen molar-refractivity contribution in [3.05, 3.63) is 28.2 Å². The molecule has 0 aliphatic carbocycles. The highest BCUT2D eigenvalue weighted by atomic mass is 32.2. The number of carbonyl (C=O) groups excluding carboxylic acids is 1. The molecule has 1 saturated heterocycles. The fourth-order valence-corrected chi connectivity index (χ4v) is 3.69. The lowest BCUT2D eigenvalue weighted by atomic mass is 10.1. The minimum atomic E-state index is -2.93. The lowest BCUT2D eigenvalue weighted by molar-refractivity contribution is 0.0942. The van der Waals surface area contributed by atoms with Crippen LogP contribution < -0.4 is 10.9 Å². The largest absolute Gasteiger partial charge is 0.350 e. The molecular formula is C10H13N3O4S. The number of nitrogens with one attached hydrogen (secondary N) is 2. The average molecular weight is 271 g/mol. The maximum atomic E-state index is 11.6. The lowest BCUT2D eigenvalue weighted by Crippen LogP contribution is -2.31. The average Bonchev–Trinajstić information content (AvgIpc) is 2.67. The molecule has 0 spiro atoms. The van der Waals surface area contributed by atoms with Gasteiger partial charge < -0.3 is 5.32 Å². The van der Waals surface area contributed by atoms with Crippen LogP contribution in [-0.4, -0.2) is 42.6 Å². The first kappa shape index (κ1) is 12.7. The van der Waals surface area contributed by atoms with Crippen molar-refractivity contribution in [2.75, 3.05) is 18.1 Å². The van der Waals surface area contributed by atoms with Crippen molar-refractivity contribution in [2.24, 2.45) is 5.92 Å². The Hall–Kier alpha value is -1.70. The van der Waals surface area contributed by atoms with E-state index >= 15 is 0 Å². The van der Waals surface area contributed by atoms with Gasteiger partial charge in [-0.15, -0.1) is 0 Å². The molecule has 1 aliphatic rings. The highest BCUT2D eigenvalue weighted by Crippen LogP contribution is 2.17. The van der Waals surface area contributed by atoms with Crippen LogP contribution in [0.4, 0.5) is 0 Å². The summed E-state index contributed by atoms with van der Waals surface area (Å²) in [6.45, 7) is 0.304. The molecule has 1 atom stereocenters. The summed E-state index contributed by atoms with van der Waals surface area (Å²) in [7, 11) is -2.93. The summed E-state index contributed by atoms with van der Waals surface area (Å²) >= 11 is 0. The Morgan fingerprint density at radius 2 is 2.28 bits per heavy atom. The standard InChI is InChI=1S/C10H13N3O4S/c14-9-2-1-8(12-13-9)10(15)11-5-7-3-4-18(16,17)6-7/h1-2,7H,3-6H2,(H,11,15)(H,13,14)/t7-/m0/s1. The zero-order valence-corrected chi connectivity index (χ0v) is 10.4. The number of amides is 1. The summed E-state index contributed by atoms with van der Waals surface area (Å²) in [4.78, 5) is 22.4. The number of aromatic nitrogens is 2. The highest BCUT2D eigenvalue weighted by Gasteiger charge is 2.28. The van der Waals surface area contributed by atoms with Crippen LogP contribution in [0, 0.1) is 5.92 Å². The second-order valence-corrected chi connectivity index (χ2v) is 6.51. The summed E-state index contributed by atoms with van der Waals surface area (Å²) in [6.07, 6.45) is 0.571. The normalized spacial score (nSPS) is 21.7. The van der Waals surface area contributed by atoms with Crippen LogP contribution >= 0.6 is 0 Å².